The summed E-state index contributed by atoms with van der Waals surface area (Å²) in [5, 5.41) is 0. The fraction of sp³-hybridized carbons (Fsp3) is 0.360. The standard InChI is InChI=1S/C25H27N3O3S/c1-15-7-5-8-16(2)23(15)21-13-22-27-24(26-21)28-32(29,30)19-10-6-9-17(11-19)20-12-18(31-22)14-25(20,3)4/h5-11,13,18,20H,12,14H2,1-4H3,(H,26,27,28). The molecule has 1 N–H and O–H groups in total. The van der Waals surface area contributed by atoms with E-state index >= 15 is 0 Å². The highest BCUT2D eigenvalue weighted by atomic mass is 32.2. The summed E-state index contributed by atoms with van der Waals surface area (Å²) in [6.45, 7) is 8.46. The first kappa shape index (κ1) is 20.9. The molecule has 1 saturated carbocycles. The maximum absolute atomic E-state index is 13.2. The third kappa shape index (κ3) is 3.64. The molecule has 0 amide bonds. The molecule has 1 aliphatic carbocycles. The van der Waals surface area contributed by atoms with E-state index in [0.717, 1.165) is 35.1 Å². The van der Waals surface area contributed by atoms with E-state index in [4.69, 9.17) is 4.74 Å². The predicted octanol–water partition coefficient (Wildman–Crippen LogP) is 5.23. The molecule has 1 aromatic heterocycles. The van der Waals surface area contributed by atoms with Gasteiger partial charge in [0.25, 0.3) is 10.0 Å². The van der Waals surface area contributed by atoms with Gasteiger partial charge in [0.1, 0.15) is 6.10 Å². The Balaban J connectivity index is 1.70. The lowest BCUT2D eigenvalue weighted by Gasteiger charge is -2.27. The first-order chi connectivity index (χ1) is 15.1. The number of anilines is 1. The first-order valence-electron chi connectivity index (χ1n) is 10.9. The number of benzene rings is 2. The van der Waals surface area contributed by atoms with Gasteiger partial charge in [-0.2, -0.15) is 4.98 Å². The average Bonchev–Trinajstić information content (AvgIpc) is 3.00. The van der Waals surface area contributed by atoms with Crippen molar-refractivity contribution in [2.45, 2.75) is 57.5 Å². The second kappa shape index (κ2) is 7.30. The van der Waals surface area contributed by atoms with E-state index in [1.165, 1.54) is 0 Å². The number of hydrogen-bond donors (Lipinski definition) is 1. The van der Waals surface area contributed by atoms with Gasteiger partial charge in [-0.1, -0.05) is 44.2 Å². The molecule has 0 radical (unpaired) electrons. The van der Waals surface area contributed by atoms with Gasteiger partial charge in [0.2, 0.25) is 11.8 Å². The predicted molar refractivity (Wildman–Crippen MR) is 124 cm³/mol. The number of rotatable bonds is 1. The Morgan fingerprint density at radius 2 is 1.75 bits per heavy atom. The smallest absolute Gasteiger partial charge is 0.264 e. The molecule has 0 spiro atoms. The Hall–Kier alpha value is -2.93. The lowest BCUT2D eigenvalue weighted by atomic mass is 9.78. The van der Waals surface area contributed by atoms with Gasteiger partial charge in [0, 0.05) is 11.6 Å². The van der Waals surface area contributed by atoms with Crippen LogP contribution in [0.15, 0.2) is 53.4 Å². The van der Waals surface area contributed by atoms with Crippen molar-refractivity contribution in [3.05, 3.63) is 65.2 Å². The van der Waals surface area contributed by atoms with Crippen LogP contribution in [0.25, 0.3) is 11.3 Å². The summed E-state index contributed by atoms with van der Waals surface area (Å²) in [5.41, 5.74) is 4.70. The van der Waals surface area contributed by atoms with Crippen LogP contribution in [0.1, 0.15) is 49.3 Å². The molecule has 6 bridgehead atoms. The van der Waals surface area contributed by atoms with Gasteiger partial charge in [-0.25, -0.2) is 18.1 Å². The quantitative estimate of drug-likeness (QED) is 0.550. The number of hydrogen-bond acceptors (Lipinski definition) is 5. The van der Waals surface area contributed by atoms with Crippen molar-refractivity contribution in [2.24, 2.45) is 5.41 Å². The molecule has 5 rings (SSSR count). The summed E-state index contributed by atoms with van der Waals surface area (Å²) >= 11 is 0. The van der Waals surface area contributed by atoms with Crippen LogP contribution in [0.2, 0.25) is 0 Å². The third-order valence-electron chi connectivity index (χ3n) is 6.72. The molecular formula is C25H27N3O3S. The van der Waals surface area contributed by atoms with Crippen molar-refractivity contribution in [3.63, 3.8) is 0 Å². The number of fused-ring (bicyclic) bond motifs is 7. The Bertz CT molecular complexity index is 1300. The van der Waals surface area contributed by atoms with E-state index in [2.05, 4.69) is 28.5 Å². The van der Waals surface area contributed by atoms with Crippen molar-refractivity contribution >= 4 is 16.0 Å². The number of aromatic nitrogens is 2. The van der Waals surface area contributed by atoms with Crippen LogP contribution in [-0.2, 0) is 10.0 Å². The fourth-order valence-electron chi connectivity index (χ4n) is 5.20. The first-order valence-corrected chi connectivity index (χ1v) is 12.4. The normalized spacial score (nSPS) is 22.8. The van der Waals surface area contributed by atoms with Gasteiger partial charge in [-0.15, -0.1) is 0 Å². The second-order valence-corrected chi connectivity index (χ2v) is 11.3. The van der Waals surface area contributed by atoms with E-state index in [1.54, 1.807) is 18.2 Å². The minimum absolute atomic E-state index is 0.0109. The topological polar surface area (TPSA) is 81.2 Å². The lowest BCUT2D eigenvalue weighted by Crippen LogP contribution is -2.18. The molecule has 2 aliphatic rings. The fourth-order valence-corrected chi connectivity index (χ4v) is 6.20. The largest absolute Gasteiger partial charge is 0.474 e. The lowest BCUT2D eigenvalue weighted by molar-refractivity contribution is 0.185. The molecule has 0 saturated heterocycles. The van der Waals surface area contributed by atoms with Crippen molar-refractivity contribution in [3.8, 4) is 17.1 Å². The Labute approximate surface area is 189 Å². The Morgan fingerprint density at radius 3 is 2.50 bits per heavy atom. The zero-order chi connectivity index (χ0) is 22.7. The maximum atomic E-state index is 13.2. The number of sulfonamides is 1. The molecule has 1 aliphatic heterocycles. The summed E-state index contributed by atoms with van der Waals surface area (Å²) in [7, 11) is -3.85. The van der Waals surface area contributed by atoms with Crippen LogP contribution in [0, 0.1) is 19.3 Å². The van der Waals surface area contributed by atoms with Crippen LogP contribution < -0.4 is 9.46 Å². The van der Waals surface area contributed by atoms with Crippen molar-refractivity contribution in [1.82, 2.24) is 9.97 Å². The zero-order valence-electron chi connectivity index (χ0n) is 18.7. The molecule has 2 heterocycles. The second-order valence-electron chi connectivity index (χ2n) is 9.58. The summed E-state index contributed by atoms with van der Waals surface area (Å²) in [5.74, 6) is 0.599. The maximum Gasteiger partial charge on any atom is 0.264 e. The molecule has 32 heavy (non-hydrogen) atoms. The molecule has 2 aromatic carbocycles. The Morgan fingerprint density at radius 1 is 1.03 bits per heavy atom. The molecule has 166 valence electrons. The molecule has 7 heteroatoms. The summed E-state index contributed by atoms with van der Waals surface area (Å²) < 4.78 is 35.3. The van der Waals surface area contributed by atoms with Crippen LogP contribution in [0.5, 0.6) is 5.88 Å². The molecular weight excluding hydrogens is 422 g/mol. The molecule has 2 atom stereocenters. The average molecular weight is 450 g/mol. The molecule has 2 unspecified atom stereocenters. The van der Waals surface area contributed by atoms with Crippen LogP contribution >= 0.6 is 0 Å². The van der Waals surface area contributed by atoms with Gasteiger partial charge >= 0.3 is 0 Å². The van der Waals surface area contributed by atoms with Crippen LogP contribution in [-0.4, -0.2) is 24.5 Å². The summed E-state index contributed by atoms with van der Waals surface area (Å²) in [6.07, 6.45) is 1.66. The number of aryl methyl sites for hydroxylation is 2. The SMILES string of the molecule is Cc1cccc(C)c1-c1cc2nc(n1)NS(=O)(=O)c1cccc(c1)C1CC(CC1(C)C)O2. The van der Waals surface area contributed by atoms with Gasteiger partial charge in [0.15, 0.2) is 0 Å². The van der Waals surface area contributed by atoms with E-state index in [1.807, 2.05) is 44.2 Å². The van der Waals surface area contributed by atoms with E-state index in [0.29, 0.717) is 11.6 Å². The minimum Gasteiger partial charge on any atom is -0.474 e. The number of ether oxygens (including phenoxy) is 1. The number of nitrogens with one attached hydrogen (secondary N) is 1. The Kier molecular flexibility index (Phi) is 4.78. The van der Waals surface area contributed by atoms with Gasteiger partial charge in [0.05, 0.1) is 10.6 Å². The zero-order valence-corrected chi connectivity index (χ0v) is 19.5. The monoisotopic (exact) mass is 449 g/mol. The molecule has 1 fully saturated rings. The van der Waals surface area contributed by atoms with E-state index in [-0.39, 0.29) is 28.3 Å². The van der Waals surface area contributed by atoms with Crippen LogP contribution in [0.4, 0.5) is 5.95 Å². The van der Waals surface area contributed by atoms with E-state index in [9.17, 15) is 8.42 Å². The van der Waals surface area contributed by atoms with Crippen molar-refractivity contribution in [1.29, 1.82) is 0 Å². The third-order valence-corrected chi connectivity index (χ3v) is 8.05. The number of nitrogens with zero attached hydrogens (tertiary/aromatic N) is 2. The van der Waals surface area contributed by atoms with Crippen molar-refractivity contribution in [2.75, 3.05) is 4.72 Å². The van der Waals surface area contributed by atoms with Gasteiger partial charge in [-0.3, -0.25) is 0 Å². The highest BCUT2D eigenvalue weighted by molar-refractivity contribution is 7.92. The molecule has 3 aromatic rings. The summed E-state index contributed by atoms with van der Waals surface area (Å²) in [6, 6.07) is 15.0. The van der Waals surface area contributed by atoms with Gasteiger partial charge < -0.3 is 4.74 Å². The van der Waals surface area contributed by atoms with E-state index < -0.39 is 10.0 Å². The van der Waals surface area contributed by atoms with Gasteiger partial charge in [-0.05, 0) is 66.8 Å². The highest BCUT2D eigenvalue weighted by Crippen LogP contribution is 2.50. The summed E-state index contributed by atoms with van der Waals surface area (Å²) in [4.78, 5) is 9.22. The molecule has 6 nitrogen and oxygen atoms in total. The van der Waals surface area contributed by atoms with Crippen LogP contribution in [0.3, 0.4) is 0 Å². The minimum atomic E-state index is -3.85. The van der Waals surface area contributed by atoms with Crippen molar-refractivity contribution < 1.29 is 13.2 Å². The highest BCUT2D eigenvalue weighted by Gasteiger charge is 2.43.